The van der Waals surface area contributed by atoms with Crippen LogP contribution < -0.4 is 0 Å². The van der Waals surface area contributed by atoms with Crippen molar-refractivity contribution in [2.75, 3.05) is 0 Å². The van der Waals surface area contributed by atoms with E-state index in [4.69, 9.17) is 11.6 Å². The topological polar surface area (TPSA) is 38.7 Å². The second-order valence-corrected chi connectivity index (χ2v) is 4.44. The fraction of sp³-hybridized carbons (Fsp3) is 0. The largest absolute Gasteiger partial charge is 0.265 e. The first-order valence-electron chi connectivity index (χ1n) is 5.82. The average molecular weight is 268 g/mol. The molecule has 3 rings (SSSR count). The molecule has 0 N–H and O–H groups in total. The molecule has 0 fully saturated rings. The van der Waals surface area contributed by atoms with Crippen molar-refractivity contribution >= 4 is 11.6 Å². The van der Waals surface area contributed by atoms with Crippen molar-refractivity contribution in [2.24, 2.45) is 0 Å². The lowest BCUT2D eigenvalue weighted by atomic mass is 10.1. The molecule has 3 aromatic rings. The summed E-state index contributed by atoms with van der Waals surface area (Å²) in [7, 11) is 0. The Hall–Kier alpha value is -2.26. The minimum Gasteiger partial charge on any atom is -0.265 e. The Bertz CT molecular complexity index is 627. The van der Waals surface area contributed by atoms with E-state index in [2.05, 4.69) is 15.0 Å². The Labute approximate surface area is 116 Å². The van der Waals surface area contributed by atoms with E-state index in [1.54, 1.807) is 18.6 Å². The lowest BCUT2D eigenvalue weighted by Crippen LogP contribution is -1.90. The van der Waals surface area contributed by atoms with Crippen molar-refractivity contribution in [1.29, 1.82) is 0 Å². The Balaban J connectivity index is 2.12. The number of nitrogens with zero attached hydrogens (tertiary/aromatic N) is 3. The molecule has 0 aromatic carbocycles. The van der Waals surface area contributed by atoms with E-state index in [0.717, 1.165) is 22.6 Å². The lowest BCUT2D eigenvalue weighted by molar-refractivity contribution is 1.24. The molecule has 3 nitrogen and oxygen atoms in total. The summed E-state index contributed by atoms with van der Waals surface area (Å²) in [5.41, 5.74) is 3.37. The fourth-order valence-corrected chi connectivity index (χ4v) is 2.02. The van der Waals surface area contributed by atoms with Crippen LogP contribution in [0.3, 0.4) is 0 Å². The van der Waals surface area contributed by atoms with Gasteiger partial charge in [0.15, 0.2) is 0 Å². The van der Waals surface area contributed by atoms with Crippen molar-refractivity contribution in [3.05, 3.63) is 66.1 Å². The molecule has 0 aliphatic rings. The predicted molar refractivity (Wildman–Crippen MR) is 75.7 cm³/mol. The highest BCUT2D eigenvalue weighted by atomic mass is 35.5. The molecule has 19 heavy (non-hydrogen) atoms. The molecule has 0 amide bonds. The van der Waals surface area contributed by atoms with E-state index >= 15 is 0 Å². The molecule has 0 radical (unpaired) electrons. The molecule has 92 valence electrons. The van der Waals surface area contributed by atoms with Crippen molar-refractivity contribution in [2.45, 2.75) is 0 Å². The maximum absolute atomic E-state index is 6.17. The van der Waals surface area contributed by atoms with Gasteiger partial charge in [0.2, 0.25) is 0 Å². The van der Waals surface area contributed by atoms with E-state index in [1.165, 1.54) is 0 Å². The second-order valence-electron chi connectivity index (χ2n) is 4.01. The van der Waals surface area contributed by atoms with Crippen molar-refractivity contribution in [3.63, 3.8) is 0 Å². The van der Waals surface area contributed by atoms with Gasteiger partial charge in [-0.15, -0.1) is 0 Å². The van der Waals surface area contributed by atoms with Gasteiger partial charge in [-0.05, 0) is 36.4 Å². The minimum absolute atomic E-state index is 0.641. The smallest absolute Gasteiger partial charge is 0.0908 e. The highest BCUT2D eigenvalue weighted by Gasteiger charge is 2.06. The zero-order chi connectivity index (χ0) is 13.1. The summed E-state index contributed by atoms with van der Waals surface area (Å²) in [6.07, 6.45) is 5.21. The van der Waals surface area contributed by atoms with Crippen LogP contribution in [0.15, 0.2) is 61.1 Å². The van der Waals surface area contributed by atoms with E-state index in [9.17, 15) is 0 Å². The Morgan fingerprint density at radius 2 is 1.58 bits per heavy atom. The first kappa shape index (κ1) is 11.8. The monoisotopic (exact) mass is 267 g/mol. The first-order valence-corrected chi connectivity index (χ1v) is 6.20. The summed E-state index contributed by atoms with van der Waals surface area (Å²) in [6, 6.07) is 13.2. The number of hydrogen-bond acceptors (Lipinski definition) is 3. The molecule has 0 saturated heterocycles. The second kappa shape index (κ2) is 5.16. The molecule has 4 heteroatoms. The van der Waals surface area contributed by atoms with Crippen LogP contribution in [0.2, 0.25) is 5.02 Å². The summed E-state index contributed by atoms with van der Waals surface area (Å²) in [5, 5.41) is 0.641. The van der Waals surface area contributed by atoms with Gasteiger partial charge in [-0.3, -0.25) is 9.97 Å². The number of hydrogen-bond donors (Lipinski definition) is 0. The maximum atomic E-state index is 6.17. The number of halogens is 1. The van der Waals surface area contributed by atoms with E-state index in [0.29, 0.717) is 5.02 Å². The summed E-state index contributed by atoms with van der Waals surface area (Å²) in [6.45, 7) is 0. The van der Waals surface area contributed by atoms with Crippen molar-refractivity contribution < 1.29 is 0 Å². The lowest BCUT2D eigenvalue weighted by Gasteiger charge is -2.05. The summed E-state index contributed by atoms with van der Waals surface area (Å²) in [4.78, 5) is 12.9. The zero-order valence-electron chi connectivity index (χ0n) is 9.99. The van der Waals surface area contributed by atoms with Crippen molar-refractivity contribution in [1.82, 2.24) is 15.0 Å². The van der Waals surface area contributed by atoms with Gasteiger partial charge >= 0.3 is 0 Å². The molecule has 0 saturated carbocycles. The fourth-order valence-electron chi connectivity index (χ4n) is 1.81. The average Bonchev–Trinajstić information content (AvgIpc) is 2.48. The van der Waals surface area contributed by atoms with Crippen LogP contribution in [0.5, 0.6) is 0 Å². The highest BCUT2D eigenvalue weighted by molar-refractivity contribution is 6.31. The van der Waals surface area contributed by atoms with Crippen LogP contribution in [0.1, 0.15) is 0 Å². The van der Waals surface area contributed by atoms with Gasteiger partial charge in [0.25, 0.3) is 0 Å². The molecule has 0 spiro atoms. The summed E-state index contributed by atoms with van der Waals surface area (Å²) >= 11 is 6.17. The Morgan fingerprint density at radius 1 is 0.789 bits per heavy atom. The molecule has 0 atom stereocenters. The maximum Gasteiger partial charge on any atom is 0.0908 e. The van der Waals surface area contributed by atoms with Crippen LogP contribution in [-0.2, 0) is 0 Å². The molecular weight excluding hydrogens is 258 g/mol. The van der Waals surface area contributed by atoms with Gasteiger partial charge in [0.1, 0.15) is 0 Å². The van der Waals surface area contributed by atoms with E-state index in [1.807, 2.05) is 42.5 Å². The first-order chi connectivity index (χ1) is 9.33. The predicted octanol–water partition coefficient (Wildman–Crippen LogP) is 3.86. The van der Waals surface area contributed by atoms with Gasteiger partial charge < -0.3 is 0 Å². The van der Waals surface area contributed by atoms with Crippen LogP contribution in [0.4, 0.5) is 0 Å². The van der Waals surface area contributed by atoms with Gasteiger partial charge in [0, 0.05) is 29.2 Å². The number of pyridine rings is 3. The molecular formula is C15H10ClN3. The third-order valence-electron chi connectivity index (χ3n) is 2.69. The van der Waals surface area contributed by atoms with Gasteiger partial charge in [-0.2, -0.15) is 0 Å². The summed E-state index contributed by atoms with van der Waals surface area (Å²) < 4.78 is 0. The Morgan fingerprint density at radius 3 is 2.32 bits per heavy atom. The molecule has 3 heterocycles. The van der Waals surface area contributed by atoms with Crippen molar-refractivity contribution in [3.8, 4) is 22.6 Å². The van der Waals surface area contributed by atoms with Crippen LogP contribution in [0, 0.1) is 0 Å². The van der Waals surface area contributed by atoms with Gasteiger partial charge in [0.05, 0.1) is 17.1 Å². The zero-order valence-corrected chi connectivity index (χ0v) is 10.7. The minimum atomic E-state index is 0.641. The molecule has 3 aromatic heterocycles. The summed E-state index contributed by atoms with van der Waals surface area (Å²) in [5.74, 6) is 0. The van der Waals surface area contributed by atoms with Gasteiger partial charge in [-0.1, -0.05) is 17.7 Å². The molecule has 0 bridgehead atoms. The van der Waals surface area contributed by atoms with Crippen LogP contribution >= 0.6 is 11.6 Å². The standard InChI is InChI=1S/C15H10ClN3/c16-12-9-14(11-4-7-17-8-5-11)19-15(10-12)13-3-1-2-6-18-13/h1-10H. The quantitative estimate of drug-likeness (QED) is 0.708. The van der Waals surface area contributed by atoms with E-state index < -0.39 is 0 Å². The third-order valence-corrected chi connectivity index (χ3v) is 2.91. The third kappa shape index (κ3) is 2.61. The molecule has 0 aliphatic carbocycles. The Kier molecular flexibility index (Phi) is 3.21. The van der Waals surface area contributed by atoms with Gasteiger partial charge in [-0.25, -0.2) is 4.98 Å². The van der Waals surface area contributed by atoms with Crippen LogP contribution in [0.25, 0.3) is 22.6 Å². The van der Waals surface area contributed by atoms with E-state index in [-0.39, 0.29) is 0 Å². The normalized spacial score (nSPS) is 10.4. The number of rotatable bonds is 2. The SMILES string of the molecule is Clc1cc(-c2ccncc2)nc(-c2ccccn2)c1. The molecule has 0 unspecified atom stereocenters. The molecule has 0 aliphatic heterocycles. The number of aromatic nitrogens is 3. The highest BCUT2D eigenvalue weighted by Crippen LogP contribution is 2.25. The van der Waals surface area contributed by atoms with Crippen LogP contribution in [-0.4, -0.2) is 15.0 Å².